The smallest absolute Gasteiger partial charge is 0.369 e. The number of unbranched alkanes of at least 4 members (excludes halogenated alkanes) is 1. The number of rotatable bonds is 7. The molecule has 0 aromatic heterocycles. The molecular weight excluding hydrogens is 235 g/mol. The summed E-state index contributed by atoms with van der Waals surface area (Å²) in [6, 6.07) is 0. The average Bonchev–Trinajstić information content (AvgIpc) is 2.19. The van der Waals surface area contributed by atoms with Crippen LogP contribution in [0.25, 0.3) is 0 Å². The molecule has 0 fully saturated rings. The molecule has 0 saturated heterocycles. The first-order valence-corrected chi connectivity index (χ1v) is 5.72. The molecule has 0 atom stereocenters. The Morgan fingerprint density at radius 2 is 1.94 bits per heavy atom. The lowest BCUT2D eigenvalue weighted by atomic mass is 10.3. The topological polar surface area (TPSA) is 29.5 Å². The van der Waals surface area contributed by atoms with Crippen LogP contribution in [0.3, 0.4) is 0 Å². The van der Waals surface area contributed by atoms with Gasteiger partial charge >= 0.3 is 6.18 Å². The monoisotopic (exact) mass is 255 g/mol. The van der Waals surface area contributed by atoms with Crippen LogP contribution in [0.5, 0.6) is 0 Å². The van der Waals surface area contributed by atoms with E-state index in [-0.39, 0.29) is 19.3 Å². The van der Waals surface area contributed by atoms with E-state index in [1.807, 2.05) is 6.92 Å². The van der Waals surface area contributed by atoms with E-state index in [9.17, 15) is 18.0 Å². The van der Waals surface area contributed by atoms with Crippen LogP contribution < -0.4 is 0 Å². The van der Waals surface area contributed by atoms with Crippen molar-refractivity contribution in [3.8, 4) is 0 Å². The van der Waals surface area contributed by atoms with Crippen LogP contribution >= 0.6 is 0 Å². The highest BCUT2D eigenvalue weighted by Crippen LogP contribution is 2.17. The Morgan fingerprint density at radius 1 is 1.35 bits per heavy atom. The van der Waals surface area contributed by atoms with E-state index in [2.05, 4.69) is 0 Å². The summed E-state index contributed by atoms with van der Waals surface area (Å²) in [5, 5.41) is 0. The molecule has 17 heavy (non-hydrogen) atoms. The summed E-state index contributed by atoms with van der Waals surface area (Å²) >= 11 is 0. The summed E-state index contributed by atoms with van der Waals surface area (Å²) in [5.41, 5.74) is 0. The molecule has 102 valence electrons. The first-order valence-electron chi connectivity index (χ1n) is 5.72. The fourth-order valence-corrected chi connectivity index (χ4v) is 1.19. The number of halogens is 3. The van der Waals surface area contributed by atoms with Gasteiger partial charge in [0, 0.05) is 6.54 Å². The summed E-state index contributed by atoms with van der Waals surface area (Å²) in [5.74, 6) is -0.607. The molecule has 0 spiro atoms. The number of carbonyl (C=O) groups is 1. The largest absolute Gasteiger partial charge is 0.406 e. The van der Waals surface area contributed by atoms with E-state index in [0.29, 0.717) is 6.42 Å². The van der Waals surface area contributed by atoms with Gasteiger partial charge in [-0.3, -0.25) is 4.79 Å². The number of alkyl halides is 3. The Morgan fingerprint density at radius 3 is 2.35 bits per heavy atom. The maximum absolute atomic E-state index is 12.3. The van der Waals surface area contributed by atoms with Crippen LogP contribution in [0.15, 0.2) is 0 Å². The molecule has 0 unspecified atom stereocenters. The van der Waals surface area contributed by atoms with Gasteiger partial charge in [0.2, 0.25) is 5.91 Å². The number of nitrogens with zero attached hydrogens (tertiary/aromatic N) is 1. The van der Waals surface area contributed by atoms with Crippen molar-refractivity contribution in [1.82, 2.24) is 4.90 Å². The minimum absolute atomic E-state index is 0.121. The molecule has 0 aliphatic heterocycles. The maximum atomic E-state index is 12.3. The fraction of sp³-hybridized carbons (Fsp3) is 0.909. The van der Waals surface area contributed by atoms with Gasteiger partial charge in [-0.1, -0.05) is 13.3 Å². The molecule has 0 rings (SSSR count). The van der Waals surface area contributed by atoms with Crippen molar-refractivity contribution in [2.45, 2.75) is 45.9 Å². The molecule has 0 radical (unpaired) electrons. The third-order valence-electron chi connectivity index (χ3n) is 2.04. The molecule has 6 heteroatoms. The van der Waals surface area contributed by atoms with Crippen LogP contribution in [0.4, 0.5) is 13.2 Å². The molecule has 0 aromatic carbocycles. The first kappa shape index (κ1) is 16.2. The zero-order valence-corrected chi connectivity index (χ0v) is 10.5. The normalized spacial score (nSPS) is 11.9. The van der Waals surface area contributed by atoms with E-state index in [0.717, 1.165) is 11.3 Å². The van der Waals surface area contributed by atoms with Gasteiger partial charge in [-0.25, -0.2) is 0 Å². The Balaban J connectivity index is 4.29. The molecule has 0 aliphatic rings. The predicted molar refractivity (Wildman–Crippen MR) is 58.6 cm³/mol. The third kappa shape index (κ3) is 8.97. The van der Waals surface area contributed by atoms with Crippen LogP contribution in [-0.4, -0.2) is 42.8 Å². The quantitative estimate of drug-likeness (QED) is 0.700. The van der Waals surface area contributed by atoms with Gasteiger partial charge in [0.15, 0.2) is 0 Å². The molecule has 0 aliphatic carbocycles. The SMILES string of the molecule is CCCCN(CC(F)(F)F)C(=O)COC(C)C. The highest BCUT2D eigenvalue weighted by molar-refractivity contribution is 5.77. The number of carbonyl (C=O) groups excluding carboxylic acids is 1. The molecule has 1 amide bonds. The van der Waals surface area contributed by atoms with Crippen molar-refractivity contribution < 1.29 is 22.7 Å². The second kappa shape index (κ2) is 7.53. The first-order chi connectivity index (χ1) is 7.76. The summed E-state index contributed by atoms with van der Waals surface area (Å²) < 4.78 is 41.8. The molecule has 3 nitrogen and oxygen atoms in total. The van der Waals surface area contributed by atoms with Gasteiger partial charge in [0.25, 0.3) is 0 Å². The van der Waals surface area contributed by atoms with E-state index >= 15 is 0 Å². The van der Waals surface area contributed by atoms with Crippen LogP contribution in [0.1, 0.15) is 33.6 Å². The maximum Gasteiger partial charge on any atom is 0.406 e. The number of amides is 1. The van der Waals surface area contributed by atoms with Crippen LogP contribution in [0.2, 0.25) is 0 Å². The highest BCUT2D eigenvalue weighted by atomic mass is 19.4. The van der Waals surface area contributed by atoms with E-state index in [1.54, 1.807) is 13.8 Å². The molecule has 0 N–H and O–H groups in total. The van der Waals surface area contributed by atoms with Gasteiger partial charge in [-0.2, -0.15) is 13.2 Å². The van der Waals surface area contributed by atoms with E-state index in [1.165, 1.54) is 0 Å². The number of hydrogen-bond donors (Lipinski definition) is 0. The average molecular weight is 255 g/mol. The predicted octanol–water partition coefficient (Wildman–Crippen LogP) is 2.60. The second-order valence-corrected chi connectivity index (χ2v) is 4.14. The standard InChI is InChI=1S/C11H20F3NO2/c1-4-5-6-15(8-11(12,13)14)10(16)7-17-9(2)3/h9H,4-8H2,1-3H3. The third-order valence-corrected chi connectivity index (χ3v) is 2.04. The zero-order valence-electron chi connectivity index (χ0n) is 10.5. The lowest BCUT2D eigenvalue weighted by molar-refractivity contribution is -0.164. The van der Waals surface area contributed by atoms with Crippen molar-refractivity contribution in [3.05, 3.63) is 0 Å². The number of ether oxygens (including phenoxy) is 1. The molecule has 0 aromatic rings. The fourth-order valence-electron chi connectivity index (χ4n) is 1.19. The molecule has 0 bridgehead atoms. The zero-order chi connectivity index (χ0) is 13.5. The van der Waals surface area contributed by atoms with Crippen molar-refractivity contribution in [1.29, 1.82) is 0 Å². The van der Waals surface area contributed by atoms with E-state index in [4.69, 9.17) is 4.74 Å². The lowest BCUT2D eigenvalue weighted by Crippen LogP contribution is -2.41. The van der Waals surface area contributed by atoms with Gasteiger partial charge in [-0.15, -0.1) is 0 Å². The van der Waals surface area contributed by atoms with Gasteiger partial charge < -0.3 is 9.64 Å². The van der Waals surface area contributed by atoms with Crippen molar-refractivity contribution in [2.24, 2.45) is 0 Å². The minimum atomic E-state index is -4.36. The summed E-state index contributed by atoms with van der Waals surface area (Å²) in [4.78, 5) is 12.3. The minimum Gasteiger partial charge on any atom is -0.369 e. The molecule has 0 saturated carbocycles. The van der Waals surface area contributed by atoms with Gasteiger partial charge in [0.05, 0.1) is 6.10 Å². The Kier molecular flexibility index (Phi) is 7.18. The summed E-state index contributed by atoms with van der Waals surface area (Å²) in [7, 11) is 0. The Labute approximate surface area is 99.9 Å². The Bertz CT molecular complexity index is 229. The van der Waals surface area contributed by atoms with Gasteiger partial charge in [0.1, 0.15) is 13.2 Å². The van der Waals surface area contributed by atoms with Crippen LogP contribution in [0, 0.1) is 0 Å². The highest BCUT2D eigenvalue weighted by Gasteiger charge is 2.32. The van der Waals surface area contributed by atoms with Gasteiger partial charge in [-0.05, 0) is 20.3 Å². The van der Waals surface area contributed by atoms with E-state index < -0.39 is 18.6 Å². The van der Waals surface area contributed by atoms with Crippen molar-refractivity contribution in [2.75, 3.05) is 19.7 Å². The lowest BCUT2D eigenvalue weighted by Gasteiger charge is -2.24. The van der Waals surface area contributed by atoms with Crippen molar-refractivity contribution >= 4 is 5.91 Å². The van der Waals surface area contributed by atoms with Crippen LogP contribution in [-0.2, 0) is 9.53 Å². The second-order valence-electron chi connectivity index (χ2n) is 4.14. The molecule has 0 heterocycles. The van der Waals surface area contributed by atoms with Crippen molar-refractivity contribution in [3.63, 3.8) is 0 Å². The summed E-state index contributed by atoms with van der Waals surface area (Å²) in [6.07, 6.45) is -3.23. The number of hydrogen-bond acceptors (Lipinski definition) is 2. The summed E-state index contributed by atoms with van der Waals surface area (Å²) in [6.45, 7) is 3.95. The molecular formula is C11H20F3NO2. The Hall–Kier alpha value is -0.780.